The normalized spacial score (nSPS) is 12.5. The molecule has 0 saturated heterocycles. The molecule has 16 heavy (non-hydrogen) atoms. The van der Waals surface area contributed by atoms with Gasteiger partial charge in [-0.1, -0.05) is 11.5 Å². The average Bonchev–Trinajstić information content (AvgIpc) is 1.97. The SMILES string of the molecule is Bc1ccc(S(C)(=O)=O)c(OC(F)(F)F)c1. The maximum Gasteiger partial charge on any atom is 0.573 e. The molecular weight excluding hydrogens is 244 g/mol. The van der Waals surface area contributed by atoms with Crippen LogP contribution in [-0.2, 0) is 9.84 Å². The first-order chi connectivity index (χ1) is 7.09. The van der Waals surface area contributed by atoms with Crippen LogP contribution in [0.1, 0.15) is 0 Å². The Morgan fingerprint density at radius 3 is 2.31 bits per heavy atom. The van der Waals surface area contributed by atoms with Crippen molar-refractivity contribution in [1.29, 1.82) is 0 Å². The molecule has 0 aliphatic rings. The number of ether oxygens (including phenoxy) is 1. The maximum atomic E-state index is 12.0. The highest BCUT2D eigenvalue weighted by Crippen LogP contribution is 2.28. The summed E-state index contributed by atoms with van der Waals surface area (Å²) in [5.74, 6) is -0.699. The van der Waals surface area contributed by atoms with Crippen LogP contribution in [0.25, 0.3) is 0 Å². The number of benzene rings is 1. The van der Waals surface area contributed by atoms with E-state index in [1.165, 1.54) is 13.9 Å². The number of hydrogen-bond acceptors (Lipinski definition) is 3. The van der Waals surface area contributed by atoms with Crippen LogP contribution in [0.3, 0.4) is 0 Å². The van der Waals surface area contributed by atoms with Crippen LogP contribution < -0.4 is 10.2 Å². The predicted octanol–water partition coefficient (Wildman–Crippen LogP) is 0.247. The average molecular weight is 252 g/mol. The largest absolute Gasteiger partial charge is 0.573 e. The van der Waals surface area contributed by atoms with Crippen molar-refractivity contribution in [1.82, 2.24) is 0 Å². The van der Waals surface area contributed by atoms with Crippen molar-refractivity contribution >= 4 is 23.1 Å². The van der Waals surface area contributed by atoms with Crippen LogP contribution in [0.15, 0.2) is 23.1 Å². The molecule has 0 heterocycles. The highest BCUT2D eigenvalue weighted by atomic mass is 32.2. The summed E-state index contributed by atoms with van der Waals surface area (Å²) in [6, 6.07) is 3.52. The highest BCUT2D eigenvalue weighted by molar-refractivity contribution is 7.90. The molecule has 0 aliphatic heterocycles. The van der Waals surface area contributed by atoms with E-state index in [2.05, 4.69) is 4.74 Å². The molecule has 0 unspecified atom stereocenters. The molecule has 0 spiro atoms. The van der Waals surface area contributed by atoms with Crippen molar-refractivity contribution in [2.45, 2.75) is 11.3 Å². The minimum absolute atomic E-state index is 0.476. The van der Waals surface area contributed by atoms with E-state index in [4.69, 9.17) is 0 Å². The molecule has 88 valence electrons. The van der Waals surface area contributed by atoms with Crippen LogP contribution in [0.4, 0.5) is 13.2 Å². The van der Waals surface area contributed by atoms with Crippen LogP contribution in [-0.4, -0.2) is 28.9 Å². The fraction of sp³-hybridized carbons (Fsp3) is 0.250. The Balaban J connectivity index is 3.30. The summed E-state index contributed by atoms with van der Waals surface area (Å²) in [5, 5.41) is 0. The molecule has 1 rings (SSSR count). The van der Waals surface area contributed by atoms with Gasteiger partial charge in [0.25, 0.3) is 0 Å². The molecule has 0 radical (unpaired) electrons. The van der Waals surface area contributed by atoms with Crippen molar-refractivity contribution in [2.24, 2.45) is 0 Å². The summed E-state index contributed by atoms with van der Waals surface area (Å²) in [6.45, 7) is 0. The Bertz CT molecular complexity index is 496. The zero-order chi connectivity index (χ0) is 12.6. The first-order valence-electron chi connectivity index (χ1n) is 4.16. The van der Waals surface area contributed by atoms with E-state index in [-0.39, 0.29) is 0 Å². The molecule has 0 atom stereocenters. The van der Waals surface area contributed by atoms with Gasteiger partial charge >= 0.3 is 6.36 Å². The van der Waals surface area contributed by atoms with Crippen molar-refractivity contribution in [2.75, 3.05) is 6.26 Å². The molecular formula is C8H8BF3O3S. The summed E-state index contributed by atoms with van der Waals surface area (Å²) in [7, 11) is -2.21. The lowest BCUT2D eigenvalue weighted by Gasteiger charge is -2.12. The molecule has 0 fully saturated rings. The summed E-state index contributed by atoms with van der Waals surface area (Å²) < 4.78 is 62.1. The lowest BCUT2D eigenvalue weighted by atomic mass is 9.96. The van der Waals surface area contributed by atoms with Gasteiger partial charge in [-0.05, 0) is 12.1 Å². The second-order valence-electron chi connectivity index (χ2n) is 3.27. The second kappa shape index (κ2) is 4.01. The zero-order valence-electron chi connectivity index (χ0n) is 8.50. The first-order valence-corrected chi connectivity index (χ1v) is 6.05. The maximum absolute atomic E-state index is 12.0. The van der Waals surface area contributed by atoms with Crippen LogP contribution in [0.5, 0.6) is 5.75 Å². The topological polar surface area (TPSA) is 43.4 Å². The van der Waals surface area contributed by atoms with Gasteiger partial charge < -0.3 is 4.74 Å². The van der Waals surface area contributed by atoms with Crippen LogP contribution in [0.2, 0.25) is 0 Å². The summed E-state index contributed by atoms with van der Waals surface area (Å²) in [5.41, 5.74) is 0.478. The van der Waals surface area contributed by atoms with Crippen molar-refractivity contribution in [3.8, 4) is 5.75 Å². The Morgan fingerprint density at radius 2 is 1.88 bits per heavy atom. The summed E-state index contributed by atoms with van der Waals surface area (Å²) in [4.78, 5) is -0.476. The van der Waals surface area contributed by atoms with E-state index in [0.29, 0.717) is 5.46 Å². The van der Waals surface area contributed by atoms with Gasteiger partial charge in [0, 0.05) is 6.26 Å². The second-order valence-corrected chi connectivity index (χ2v) is 5.25. The van der Waals surface area contributed by atoms with Crippen LogP contribution >= 0.6 is 0 Å². The van der Waals surface area contributed by atoms with Gasteiger partial charge in [0.1, 0.15) is 18.5 Å². The Kier molecular flexibility index (Phi) is 3.23. The third kappa shape index (κ3) is 3.44. The molecule has 1 aromatic rings. The third-order valence-electron chi connectivity index (χ3n) is 1.72. The van der Waals surface area contributed by atoms with E-state index in [9.17, 15) is 21.6 Å². The molecule has 1 aromatic carbocycles. The molecule has 0 bridgehead atoms. The van der Waals surface area contributed by atoms with Gasteiger partial charge in [-0.2, -0.15) is 0 Å². The Labute approximate surface area is 91.5 Å². The van der Waals surface area contributed by atoms with Crippen molar-refractivity contribution in [3.63, 3.8) is 0 Å². The molecule has 0 saturated carbocycles. The van der Waals surface area contributed by atoms with Crippen molar-refractivity contribution in [3.05, 3.63) is 18.2 Å². The van der Waals surface area contributed by atoms with Gasteiger partial charge in [0.15, 0.2) is 9.84 Å². The van der Waals surface area contributed by atoms with E-state index < -0.39 is 26.8 Å². The minimum Gasteiger partial charge on any atom is -0.404 e. The zero-order valence-corrected chi connectivity index (χ0v) is 9.32. The van der Waals surface area contributed by atoms with Crippen molar-refractivity contribution < 1.29 is 26.3 Å². The van der Waals surface area contributed by atoms with Gasteiger partial charge in [0.2, 0.25) is 0 Å². The van der Waals surface area contributed by atoms with Gasteiger partial charge in [-0.3, -0.25) is 0 Å². The summed E-state index contributed by atoms with van der Waals surface area (Å²) >= 11 is 0. The Morgan fingerprint density at radius 1 is 1.31 bits per heavy atom. The fourth-order valence-corrected chi connectivity index (χ4v) is 1.91. The van der Waals surface area contributed by atoms with E-state index in [0.717, 1.165) is 18.4 Å². The number of rotatable bonds is 2. The molecule has 0 aliphatic carbocycles. The predicted molar refractivity (Wildman–Crippen MR) is 54.4 cm³/mol. The third-order valence-corrected chi connectivity index (χ3v) is 2.86. The lowest BCUT2D eigenvalue weighted by molar-refractivity contribution is -0.275. The number of hydrogen-bond donors (Lipinski definition) is 0. The molecule has 3 nitrogen and oxygen atoms in total. The minimum atomic E-state index is -4.91. The van der Waals surface area contributed by atoms with E-state index in [1.54, 1.807) is 0 Å². The molecule has 8 heteroatoms. The fourth-order valence-electron chi connectivity index (χ4n) is 1.13. The number of sulfone groups is 1. The first kappa shape index (κ1) is 12.9. The number of alkyl halides is 3. The molecule has 0 N–H and O–H groups in total. The molecule has 0 aromatic heterocycles. The number of halogens is 3. The smallest absolute Gasteiger partial charge is 0.404 e. The van der Waals surface area contributed by atoms with E-state index in [1.807, 2.05) is 0 Å². The van der Waals surface area contributed by atoms with Crippen LogP contribution in [0, 0.1) is 0 Å². The monoisotopic (exact) mass is 252 g/mol. The Hall–Kier alpha value is -1.18. The van der Waals surface area contributed by atoms with Gasteiger partial charge in [-0.15, -0.1) is 13.2 Å². The van der Waals surface area contributed by atoms with Gasteiger partial charge in [0.05, 0.1) is 0 Å². The standard InChI is InChI=1S/C8H8BF3O3S/c1-16(13,14)7-3-2-5(9)4-6(7)15-8(10,11)12/h2-4H,9H2,1H3. The quantitative estimate of drug-likeness (QED) is 0.708. The highest BCUT2D eigenvalue weighted by Gasteiger charge is 2.33. The molecule has 0 amide bonds. The van der Waals surface area contributed by atoms with E-state index >= 15 is 0 Å². The summed E-state index contributed by atoms with van der Waals surface area (Å²) in [6.07, 6.45) is -4.09. The lowest BCUT2D eigenvalue weighted by Crippen LogP contribution is -2.20. The van der Waals surface area contributed by atoms with Gasteiger partial charge in [-0.25, -0.2) is 8.42 Å².